The highest BCUT2D eigenvalue weighted by molar-refractivity contribution is 5.69. The first-order valence-corrected chi connectivity index (χ1v) is 7.53. The van der Waals surface area contributed by atoms with Crippen LogP contribution in [0, 0.1) is 0 Å². The normalized spacial score (nSPS) is 25.5. The fourth-order valence-electron chi connectivity index (χ4n) is 2.22. The highest BCUT2D eigenvalue weighted by atomic mass is 16.6. The van der Waals surface area contributed by atoms with E-state index >= 15 is 0 Å². The SMILES string of the molecule is CC(C)(C)OC(=O)N[C@H]1C[C@@H](O)[C@@H](NC(=O)OC(C)(C)C)C1. The van der Waals surface area contributed by atoms with E-state index in [4.69, 9.17) is 9.47 Å². The van der Waals surface area contributed by atoms with E-state index in [-0.39, 0.29) is 6.04 Å². The first-order valence-electron chi connectivity index (χ1n) is 7.53. The van der Waals surface area contributed by atoms with Crippen LogP contribution in [-0.2, 0) is 9.47 Å². The Kier molecular flexibility index (Phi) is 5.67. The number of nitrogens with one attached hydrogen (secondary N) is 2. The quantitative estimate of drug-likeness (QED) is 0.723. The van der Waals surface area contributed by atoms with Crippen LogP contribution in [0.5, 0.6) is 0 Å². The lowest BCUT2D eigenvalue weighted by molar-refractivity contribution is 0.0447. The predicted octanol–water partition coefficient (Wildman–Crippen LogP) is 1.93. The van der Waals surface area contributed by atoms with Crippen LogP contribution in [-0.4, -0.2) is 46.7 Å². The zero-order chi connectivity index (χ0) is 17.1. The van der Waals surface area contributed by atoms with E-state index in [9.17, 15) is 14.7 Å². The van der Waals surface area contributed by atoms with Crippen LogP contribution in [0.3, 0.4) is 0 Å². The molecule has 2 amide bonds. The molecule has 0 saturated heterocycles. The molecule has 1 rings (SSSR count). The zero-order valence-corrected chi connectivity index (χ0v) is 14.2. The molecular weight excluding hydrogens is 288 g/mol. The topological polar surface area (TPSA) is 96.9 Å². The van der Waals surface area contributed by atoms with Gasteiger partial charge in [-0.2, -0.15) is 0 Å². The molecule has 3 atom stereocenters. The summed E-state index contributed by atoms with van der Waals surface area (Å²) in [5, 5.41) is 15.3. The molecule has 7 nitrogen and oxygen atoms in total. The summed E-state index contributed by atoms with van der Waals surface area (Å²) in [5.74, 6) is 0. The molecule has 0 unspecified atom stereocenters. The van der Waals surface area contributed by atoms with Crippen molar-refractivity contribution < 1.29 is 24.2 Å². The van der Waals surface area contributed by atoms with E-state index in [2.05, 4.69) is 10.6 Å². The van der Waals surface area contributed by atoms with Crippen LogP contribution < -0.4 is 10.6 Å². The molecule has 3 N–H and O–H groups in total. The molecule has 0 spiro atoms. The van der Waals surface area contributed by atoms with Crippen LogP contribution in [0.4, 0.5) is 9.59 Å². The van der Waals surface area contributed by atoms with Crippen LogP contribution >= 0.6 is 0 Å². The maximum absolute atomic E-state index is 11.7. The highest BCUT2D eigenvalue weighted by Crippen LogP contribution is 2.21. The van der Waals surface area contributed by atoms with Crippen LogP contribution in [0.25, 0.3) is 0 Å². The van der Waals surface area contributed by atoms with Crippen molar-refractivity contribution >= 4 is 12.2 Å². The van der Waals surface area contributed by atoms with Gasteiger partial charge in [-0.25, -0.2) is 9.59 Å². The number of hydrogen-bond acceptors (Lipinski definition) is 5. The molecule has 1 aliphatic carbocycles. The largest absolute Gasteiger partial charge is 0.444 e. The molecule has 0 aromatic rings. The molecule has 0 radical (unpaired) electrons. The average Bonchev–Trinajstić information content (AvgIpc) is 2.52. The Hall–Kier alpha value is -1.50. The van der Waals surface area contributed by atoms with E-state index < -0.39 is 35.5 Å². The predicted molar refractivity (Wildman–Crippen MR) is 81.6 cm³/mol. The number of aliphatic hydroxyl groups is 1. The van der Waals surface area contributed by atoms with E-state index in [1.165, 1.54) is 0 Å². The number of ether oxygens (including phenoxy) is 2. The Morgan fingerprint density at radius 1 is 0.909 bits per heavy atom. The molecule has 22 heavy (non-hydrogen) atoms. The molecule has 1 fully saturated rings. The fourth-order valence-corrected chi connectivity index (χ4v) is 2.22. The molecule has 0 aromatic carbocycles. The average molecular weight is 316 g/mol. The highest BCUT2D eigenvalue weighted by Gasteiger charge is 2.36. The lowest BCUT2D eigenvalue weighted by atomic mass is 10.2. The first-order chi connectivity index (χ1) is 9.85. The van der Waals surface area contributed by atoms with Crippen molar-refractivity contribution in [2.45, 2.75) is 83.8 Å². The number of amides is 2. The number of rotatable bonds is 2. The standard InChI is InChI=1S/C15H28N2O5/c1-14(2,3)21-12(19)16-9-7-10(11(18)8-9)17-13(20)22-15(4,5)6/h9-11,18H,7-8H2,1-6H3,(H,16,19)(H,17,20)/t9-,10+,11-/m1/s1. The third-order valence-electron chi connectivity index (χ3n) is 2.95. The van der Waals surface area contributed by atoms with Gasteiger partial charge in [0.15, 0.2) is 0 Å². The molecule has 0 aromatic heterocycles. The molecule has 128 valence electrons. The maximum atomic E-state index is 11.7. The van der Waals surface area contributed by atoms with Gasteiger partial charge in [-0.1, -0.05) is 0 Å². The second kappa shape index (κ2) is 6.73. The minimum absolute atomic E-state index is 0.246. The molecular formula is C15H28N2O5. The van der Waals surface area contributed by atoms with Gasteiger partial charge in [0.2, 0.25) is 0 Å². The number of aliphatic hydroxyl groups excluding tert-OH is 1. The molecule has 0 heterocycles. The minimum Gasteiger partial charge on any atom is -0.444 e. The fraction of sp³-hybridized carbons (Fsp3) is 0.867. The summed E-state index contributed by atoms with van der Waals surface area (Å²) in [4.78, 5) is 23.4. The van der Waals surface area contributed by atoms with Crippen LogP contribution in [0.1, 0.15) is 54.4 Å². The van der Waals surface area contributed by atoms with Gasteiger partial charge in [0.1, 0.15) is 11.2 Å². The Labute approximate surface area is 131 Å². The lowest BCUT2D eigenvalue weighted by Crippen LogP contribution is -2.43. The van der Waals surface area contributed by atoms with Gasteiger partial charge >= 0.3 is 12.2 Å². The minimum atomic E-state index is -0.729. The maximum Gasteiger partial charge on any atom is 0.407 e. The summed E-state index contributed by atoms with van der Waals surface area (Å²) in [6.07, 6.45) is -1.04. The van der Waals surface area contributed by atoms with Gasteiger partial charge in [0.05, 0.1) is 12.1 Å². The van der Waals surface area contributed by atoms with Crippen molar-refractivity contribution in [3.8, 4) is 0 Å². The number of carbonyl (C=O) groups excluding carboxylic acids is 2. The van der Waals surface area contributed by atoms with Crippen molar-refractivity contribution in [2.75, 3.05) is 0 Å². The van der Waals surface area contributed by atoms with Crippen molar-refractivity contribution in [3.63, 3.8) is 0 Å². The summed E-state index contributed by atoms with van der Waals surface area (Å²) < 4.78 is 10.3. The van der Waals surface area contributed by atoms with Crippen molar-refractivity contribution in [1.82, 2.24) is 10.6 Å². The molecule has 0 bridgehead atoms. The van der Waals surface area contributed by atoms with Gasteiger partial charge in [-0.05, 0) is 54.4 Å². The third-order valence-corrected chi connectivity index (χ3v) is 2.95. The summed E-state index contributed by atoms with van der Waals surface area (Å²) in [6, 6.07) is -0.695. The Bertz CT molecular complexity index is 411. The second-order valence-electron chi connectivity index (χ2n) is 7.63. The Morgan fingerprint density at radius 3 is 1.82 bits per heavy atom. The molecule has 7 heteroatoms. The van der Waals surface area contributed by atoms with Crippen molar-refractivity contribution in [3.05, 3.63) is 0 Å². The lowest BCUT2D eigenvalue weighted by Gasteiger charge is -2.23. The summed E-state index contributed by atoms with van der Waals surface area (Å²) in [5.41, 5.74) is -1.17. The molecule has 1 aliphatic rings. The van der Waals surface area contributed by atoms with Gasteiger partial charge in [-0.3, -0.25) is 0 Å². The molecule has 0 aliphatic heterocycles. The smallest absolute Gasteiger partial charge is 0.407 e. The third kappa shape index (κ3) is 6.98. The van der Waals surface area contributed by atoms with Gasteiger partial charge in [-0.15, -0.1) is 0 Å². The summed E-state index contributed by atoms with van der Waals surface area (Å²) >= 11 is 0. The van der Waals surface area contributed by atoms with E-state index in [1.807, 2.05) is 0 Å². The zero-order valence-electron chi connectivity index (χ0n) is 14.2. The monoisotopic (exact) mass is 316 g/mol. The van der Waals surface area contributed by atoms with E-state index in [1.54, 1.807) is 41.5 Å². The van der Waals surface area contributed by atoms with Gasteiger partial charge < -0.3 is 25.2 Å². The summed E-state index contributed by atoms with van der Waals surface area (Å²) in [7, 11) is 0. The van der Waals surface area contributed by atoms with Crippen molar-refractivity contribution in [1.29, 1.82) is 0 Å². The van der Waals surface area contributed by atoms with Gasteiger partial charge in [0.25, 0.3) is 0 Å². The number of carbonyl (C=O) groups is 2. The van der Waals surface area contributed by atoms with E-state index in [0.717, 1.165) is 0 Å². The Morgan fingerprint density at radius 2 is 1.36 bits per heavy atom. The van der Waals surface area contributed by atoms with Crippen LogP contribution in [0.15, 0.2) is 0 Å². The summed E-state index contributed by atoms with van der Waals surface area (Å²) in [6.45, 7) is 10.6. The number of alkyl carbamates (subject to hydrolysis) is 2. The molecule has 1 saturated carbocycles. The van der Waals surface area contributed by atoms with Crippen LogP contribution in [0.2, 0.25) is 0 Å². The van der Waals surface area contributed by atoms with E-state index in [0.29, 0.717) is 12.8 Å². The first kappa shape index (κ1) is 18.5. The van der Waals surface area contributed by atoms with Crippen molar-refractivity contribution in [2.24, 2.45) is 0 Å². The Balaban J connectivity index is 2.45. The van der Waals surface area contributed by atoms with Gasteiger partial charge in [0, 0.05) is 6.04 Å². The number of hydrogen-bond donors (Lipinski definition) is 3. The second-order valence-corrected chi connectivity index (χ2v) is 7.63.